The molecule has 0 aromatic rings. The van der Waals surface area contributed by atoms with Gasteiger partial charge in [0.15, 0.2) is 0 Å². The van der Waals surface area contributed by atoms with Gasteiger partial charge < -0.3 is 15.8 Å². The smallest absolute Gasteiger partial charge is 0.139 e. The molecule has 0 saturated carbocycles. The zero-order valence-electron chi connectivity index (χ0n) is 10.5. The minimum absolute atomic E-state index is 0.348. The maximum Gasteiger partial charge on any atom is 0.139 e. The second-order valence-corrected chi connectivity index (χ2v) is 5.18. The first-order valence-electron chi connectivity index (χ1n) is 6.72. The van der Waals surface area contributed by atoms with Crippen LogP contribution in [0.25, 0.3) is 0 Å². The molecular weight excluding hydrogens is 216 g/mol. The van der Waals surface area contributed by atoms with Crippen molar-refractivity contribution in [1.82, 2.24) is 9.80 Å². The summed E-state index contributed by atoms with van der Waals surface area (Å²) in [6.45, 7) is 5.96. The van der Waals surface area contributed by atoms with Gasteiger partial charge in [-0.3, -0.25) is 4.90 Å². The second kappa shape index (κ2) is 6.21. The number of nitrogens with zero attached hydrogens (tertiary/aromatic N) is 3. The van der Waals surface area contributed by atoms with Gasteiger partial charge in [-0.1, -0.05) is 11.6 Å². The van der Waals surface area contributed by atoms with Crippen molar-refractivity contribution in [3.8, 4) is 0 Å². The molecule has 0 aromatic carbocycles. The molecule has 0 bridgehead atoms. The second-order valence-electron chi connectivity index (χ2n) is 5.18. The standard InChI is InChI=1S/C12H24N4O/c13-12(14-17)5-3-6-15-8-9-16-7-2-1-4-11(16)10-15/h11,17H,1-10H2,(H2,13,14). The Kier molecular flexibility index (Phi) is 4.62. The number of piperidine rings is 1. The van der Waals surface area contributed by atoms with Crippen LogP contribution >= 0.6 is 0 Å². The van der Waals surface area contributed by atoms with Crippen LogP contribution in [0.1, 0.15) is 32.1 Å². The lowest BCUT2D eigenvalue weighted by atomic mass is 9.99. The van der Waals surface area contributed by atoms with Gasteiger partial charge in [0.2, 0.25) is 0 Å². The Morgan fingerprint density at radius 1 is 1.29 bits per heavy atom. The summed E-state index contributed by atoms with van der Waals surface area (Å²) in [7, 11) is 0. The van der Waals surface area contributed by atoms with Crippen molar-refractivity contribution in [3.63, 3.8) is 0 Å². The number of amidine groups is 1. The fraction of sp³-hybridized carbons (Fsp3) is 0.917. The van der Waals surface area contributed by atoms with Crippen LogP contribution in [-0.4, -0.2) is 59.6 Å². The van der Waals surface area contributed by atoms with E-state index < -0.39 is 0 Å². The molecule has 1 atom stereocenters. The predicted molar refractivity (Wildman–Crippen MR) is 68.3 cm³/mol. The van der Waals surface area contributed by atoms with Gasteiger partial charge in [-0.2, -0.15) is 0 Å². The van der Waals surface area contributed by atoms with E-state index in [0.29, 0.717) is 12.3 Å². The molecule has 0 spiro atoms. The van der Waals surface area contributed by atoms with Crippen molar-refractivity contribution in [2.45, 2.75) is 38.1 Å². The van der Waals surface area contributed by atoms with Crippen LogP contribution in [0.15, 0.2) is 5.16 Å². The third-order valence-electron chi connectivity index (χ3n) is 3.96. The van der Waals surface area contributed by atoms with Crippen LogP contribution < -0.4 is 5.73 Å². The van der Waals surface area contributed by atoms with Crippen molar-refractivity contribution >= 4 is 5.84 Å². The van der Waals surface area contributed by atoms with Crippen LogP contribution in [0.3, 0.4) is 0 Å². The van der Waals surface area contributed by atoms with Crippen molar-refractivity contribution < 1.29 is 5.21 Å². The fourth-order valence-corrected chi connectivity index (χ4v) is 2.96. The average Bonchev–Trinajstić information content (AvgIpc) is 2.38. The molecular formula is C12H24N4O. The van der Waals surface area contributed by atoms with Gasteiger partial charge in [-0.25, -0.2) is 0 Å². The van der Waals surface area contributed by atoms with Crippen molar-refractivity contribution in [2.75, 3.05) is 32.7 Å². The van der Waals surface area contributed by atoms with E-state index >= 15 is 0 Å². The molecule has 5 nitrogen and oxygen atoms in total. The van der Waals surface area contributed by atoms with Crippen molar-refractivity contribution in [3.05, 3.63) is 0 Å². The number of hydrogen-bond acceptors (Lipinski definition) is 4. The first-order chi connectivity index (χ1) is 8.29. The van der Waals surface area contributed by atoms with Crippen LogP contribution in [0, 0.1) is 0 Å². The van der Waals surface area contributed by atoms with Crippen LogP contribution in [0.4, 0.5) is 0 Å². The number of rotatable bonds is 4. The largest absolute Gasteiger partial charge is 0.409 e. The fourth-order valence-electron chi connectivity index (χ4n) is 2.96. The van der Waals surface area contributed by atoms with E-state index in [-0.39, 0.29) is 0 Å². The van der Waals surface area contributed by atoms with Gasteiger partial charge in [-0.05, 0) is 32.4 Å². The molecule has 2 aliphatic heterocycles. The number of fused-ring (bicyclic) bond motifs is 1. The molecule has 2 fully saturated rings. The highest BCUT2D eigenvalue weighted by Gasteiger charge is 2.28. The molecule has 3 N–H and O–H groups in total. The lowest BCUT2D eigenvalue weighted by molar-refractivity contribution is 0.0492. The lowest BCUT2D eigenvalue weighted by Crippen LogP contribution is -2.54. The molecule has 1 unspecified atom stereocenters. The highest BCUT2D eigenvalue weighted by Crippen LogP contribution is 2.21. The van der Waals surface area contributed by atoms with E-state index in [1.165, 1.54) is 45.4 Å². The average molecular weight is 240 g/mol. The molecule has 2 heterocycles. The molecule has 5 heteroatoms. The third kappa shape index (κ3) is 3.57. The molecule has 0 radical (unpaired) electrons. The van der Waals surface area contributed by atoms with Gasteiger partial charge in [0.05, 0.1) is 0 Å². The molecule has 2 saturated heterocycles. The van der Waals surface area contributed by atoms with E-state index in [0.717, 1.165) is 19.0 Å². The van der Waals surface area contributed by atoms with Gasteiger partial charge in [0, 0.05) is 32.1 Å². The summed E-state index contributed by atoms with van der Waals surface area (Å²) in [6.07, 6.45) is 5.81. The topological polar surface area (TPSA) is 65.1 Å². The van der Waals surface area contributed by atoms with Crippen LogP contribution in [0.5, 0.6) is 0 Å². The van der Waals surface area contributed by atoms with E-state index in [1.54, 1.807) is 0 Å². The van der Waals surface area contributed by atoms with Gasteiger partial charge in [0.25, 0.3) is 0 Å². The number of hydrogen-bond donors (Lipinski definition) is 2. The summed E-state index contributed by atoms with van der Waals surface area (Å²) >= 11 is 0. The van der Waals surface area contributed by atoms with Crippen LogP contribution in [0.2, 0.25) is 0 Å². The van der Waals surface area contributed by atoms with Crippen LogP contribution in [-0.2, 0) is 0 Å². The predicted octanol–water partition coefficient (Wildman–Crippen LogP) is 0.683. The third-order valence-corrected chi connectivity index (χ3v) is 3.96. The highest BCUT2D eigenvalue weighted by atomic mass is 16.4. The Hall–Kier alpha value is -0.810. The summed E-state index contributed by atoms with van der Waals surface area (Å²) in [5.41, 5.74) is 5.47. The molecule has 98 valence electrons. The summed E-state index contributed by atoms with van der Waals surface area (Å²) in [5.74, 6) is 0.348. The molecule has 0 aliphatic carbocycles. The monoisotopic (exact) mass is 240 g/mol. The zero-order valence-corrected chi connectivity index (χ0v) is 10.5. The summed E-state index contributed by atoms with van der Waals surface area (Å²) in [4.78, 5) is 5.17. The van der Waals surface area contributed by atoms with Gasteiger partial charge in [0.1, 0.15) is 5.84 Å². The number of oxime groups is 1. The minimum atomic E-state index is 0.348. The highest BCUT2D eigenvalue weighted by molar-refractivity contribution is 5.79. The number of piperazine rings is 1. The van der Waals surface area contributed by atoms with E-state index in [2.05, 4.69) is 15.0 Å². The molecule has 0 aromatic heterocycles. The van der Waals surface area contributed by atoms with Crippen molar-refractivity contribution in [1.29, 1.82) is 0 Å². The lowest BCUT2D eigenvalue weighted by Gasteiger charge is -2.44. The molecule has 0 amide bonds. The first kappa shape index (κ1) is 12.6. The summed E-state index contributed by atoms with van der Waals surface area (Å²) < 4.78 is 0. The minimum Gasteiger partial charge on any atom is -0.409 e. The first-order valence-corrected chi connectivity index (χ1v) is 6.72. The molecule has 17 heavy (non-hydrogen) atoms. The molecule has 2 rings (SSSR count). The van der Waals surface area contributed by atoms with E-state index in [1.807, 2.05) is 0 Å². The quantitative estimate of drug-likeness (QED) is 0.328. The zero-order chi connectivity index (χ0) is 12.1. The Morgan fingerprint density at radius 2 is 2.18 bits per heavy atom. The summed E-state index contributed by atoms with van der Waals surface area (Å²) in [6, 6.07) is 0.779. The maximum absolute atomic E-state index is 8.47. The van der Waals surface area contributed by atoms with Gasteiger partial charge >= 0.3 is 0 Å². The molecule has 2 aliphatic rings. The normalized spacial score (nSPS) is 28.0. The number of nitrogens with two attached hydrogens (primary N) is 1. The van der Waals surface area contributed by atoms with E-state index in [9.17, 15) is 0 Å². The Bertz CT molecular complexity index is 269. The Balaban J connectivity index is 1.69. The Morgan fingerprint density at radius 3 is 3.00 bits per heavy atom. The van der Waals surface area contributed by atoms with Crippen molar-refractivity contribution in [2.24, 2.45) is 10.9 Å². The Labute approximate surface area is 103 Å². The summed E-state index contributed by atoms with van der Waals surface area (Å²) in [5, 5.41) is 11.5. The van der Waals surface area contributed by atoms with E-state index in [4.69, 9.17) is 10.9 Å². The SMILES string of the molecule is NC(CCCN1CCN2CCCCC2C1)=NO. The van der Waals surface area contributed by atoms with Gasteiger partial charge in [-0.15, -0.1) is 0 Å². The maximum atomic E-state index is 8.47.